The van der Waals surface area contributed by atoms with Gasteiger partial charge in [-0.25, -0.2) is 0 Å². The van der Waals surface area contributed by atoms with Crippen LogP contribution in [-0.2, 0) is 13.1 Å². The Morgan fingerprint density at radius 3 is 2.73 bits per heavy atom. The van der Waals surface area contributed by atoms with Crippen molar-refractivity contribution in [1.29, 1.82) is 0 Å². The topological polar surface area (TPSA) is 51.6 Å². The zero-order chi connectivity index (χ0) is 22.5. The normalized spacial score (nSPS) is 18.4. The van der Waals surface area contributed by atoms with E-state index in [0.29, 0.717) is 19.3 Å². The minimum Gasteiger partial charge on any atom is -0.490 e. The zero-order valence-corrected chi connectivity index (χ0v) is 19.5. The minimum atomic E-state index is 0.635. The first-order valence-corrected chi connectivity index (χ1v) is 12.2. The first-order valence-electron chi connectivity index (χ1n) is 12.2. The third-order valence-corrected chi connectivity index (χ3v) is 6.65. The smallest absolute Gasteiger partial charge is 0.161 e. The molecule has 0 bridgehead atoms. The van der Waals surface area contributed by atoms with Crippen LogP contribution in [0.1, 0.15) is 37.3 Å². The number of ether oxygens (including phenoxy) is 2. The molecule has 3 heterocycles. The second-order valence-electron chi connectivity index (χ2n) is 8.95. The fourth-order valence-electron chi connectivity index (χ4n) is 4.91. The SMILES string of the molecule is CCN1CCCC1CNCc1cn(Cc2ccccc2)nc1-c1ccc2c(c1)OCCCO2. The van der Waals surface area contributed by atoms with Crippen LogP contribution in [0.5, 0.6) is 11.5 Å². The van der Waals surface area contributed by atoms with Gasteiger partial charge in [-0.3, -0.25) is 9.58 Å². The molecule has 0 amide bonds. The van der Waals surface area contributed by atoms with Crippen LogP contribution in [0.2, 0.25) is 0 Å². The number of hydrogen-bond donors (Lipinski definition) is 1. The Balaban J connectivity index is 1.38. The van der Waals surface area contributed by atoms with E-state index in [4.69, 9.17) is 14.6 Å². The van der Waals surface area contributed by atoms with Crippen molar-refractivity contribution in [1.82, 2.24) is 20.0 Å². The Hall–Kier alpha value is -2.83. The van der Waals surface area contributed by atoms with Crippen molar-refractivity contribution in [2.75, 3.05) is 32.8 Å². The van der Waals surface area contributed by atoms with Crippen molar-refractivity contribution in [3.63, 3.8) is 0 Å². The van der Waals surface area contributed by atoms with E-state index in [1.54, 1.807) is 0 Å². The second kappa shape index (κ2) is 10.4. The molecule has 1 atom stereocenters. The van der Waals surface area contributed by atoms with Crippen molar-refractivity contribution < 1.29 is 9.47 Å². The van der Waals surface area contributed by atoms with Gasteiger partial charge in [-0.15, -0.1) is 0 Å². The summed E-state index contributed by atoms with van der Waals surface area (Å²) in [5.74, 6) is 1.63. The summed E-state index contributed by atoms with van der Waals surface area (Å²) in [5.41, 5.74) is 4.53. The number of nitrogens with zero attached hydrogens (tertiary/aromatic N) is 3. The molecule has 0 radical (unpaired) electrons. The highest BCUT2D eigenvalue weighted by Gasteiger charge is 2.23. The van der Waals surface area contributed by atoms with E-state index in [1.165, 1.54) is 30.5 Å². The molecule has 6 nitrogen and oxygen atoms in total. The molecular formula is C27H34N4O2. The second-order valence-corrected chi connectivity index (χ2v) is 8.95. The molecule has 3 aromatic rings. The van der Waals surface area contributed by atoms with Crippen LogP contribution >= 0.6 is 0 Å². The maximum absolute atomic E-state index is 5.94. The number of hydrogen-bond acceptors (Lipinski definition) is 5. The first-order chi connectivity index (χ1) is 16.3. The molecular weight excluding hydrogens is 412 g/mol. The molecule has 1 unspecified atom stereocenters. The van der Waals surface area contributed by atoms with E-state index in [0.717, 1.165) is 55.4 Å². The van der Waals surface area contributed by atoms with Crippen molar-refractivity contribution in [3.8, 4) is 22.8 Å². The van der Waals surface area contributed by atoms with Crippen LogP contribution in [-0.4, -0.2) is 53.6 Å². The van der Waals surface area contributed by atoms with Gasteiger partial charge in [0.1, 0.15) is 0 Å². The fraction of sp³-hybridized carbons (Fsp3) is 0.444. The summed E-state index contributed by atoms with van der Waals surface area (Å²) >= 11 is 0. The number of aromatic nitrogens is 2. The van der Waals surface area contributed by atoms with E-state index < -0.39 is 0 Å². The highest BCUT2D eigenvalue weighted by atomic mass is 16.5. The summed E-state index contributed by atoms with van der Waals surface area (Å²) in [6, 6.07) is 17.3. The van der Waals surface area contributed by atoms with E-state index >= 15 is 0 Å². The number of likely N-dealkylation sites (tertiary alicyclic amines) is 1. The van der Waals surface area contributed by atoms with E-state index in [-0.39, 0.29) is 0 Å². The van der Waals surface area contributed by atoms with Gasteiger partial charge in [0, 0.05) is 42.9 Å². The van der Waals surface area contributed by atoms with Gasteiger partial charge in [-0.2, -0.15) is 5.10 Å². The molecule has 1 N–H and O–H groups in total. The molecule has 174 valence electrons. The number of likely N-dealkylation sites (N-methyl/N-ethyl adjacent to an activating group) is 1. The molecule has 2 aliphatic rings. The highest BCUT2D eigenvalue weighted by Crippen LogP contribution is 2.35. The molecule has 2 aliphatic heterocycles. The fourth-order valence-corrected chi connectivity index (χ4v) is 4.91. The van der Waals surface area contributed by atoms with Crippen LogP contribution in [0, 0.1) is 0 Å². The predicted octanol–water partition coefficient (Wildman–Crippen LogP) is 4.33. The van der Waals surface area contributed by atoms with Gasteiger partial charge in [0.25, 0.3) is 0 Å². The van der Waals surface area contributed by atoms with Crippen LogP contribution < -0.4 is 14.8 Å². The Bertz CT molecular complexity index is 1050. The first kappa shape index (κ1) is 22.0. The van der Waals surface area contributed by atoms with Crippen molar-refractivity contribution >= 4 is 0 Å². The van der Waals surface area contributed by atoms with Crippen molar-refractivity contribution in [2.24, 2.45) is 0 Å². The van der Waals surface area contributed by atoms with Crippen LogP contribution in [0.4, 0.5) is 0 Å². The van der Waals surface area contributed by atoms with Crippen LogP contribution in [0.15, 0.2) is 54.7 Å². The lowest BCUT2D eigenvalue weighted by atomic mass is 10.1. The maximum Gasteiger partial charge on any atom is 0.161 e. The minimum absolute atomic E-state index is 0.635. The summed E-state index contributed by atoms with van der Waals surface area (Å²) in [6.45, 7) is 8.56. The number of benzene rings is 2. The van der Waals surface area contributed by atoms with E-state index in [1.807, 2.05) is 12.1 Å². The van der Waals surface area contributed by atoms with E-state index in [2.05, 4.69) is 64.4 Å². The molecule has 6 heteroatoms. The van der Waals surface area contributed by atoms with Gasteiger partial charge in [0.05, 0.1) is 25.5 Å². The quantitative estimate of drug-likeness (QED) is 0.558. The molecule has 2 aromatic carbocycles. The van der Waals surface area contributed by atoms with Gasteiger partial charge in [-0.05, 0) is 49.7 Å². The number of fused-ring (bicyclic) bond motifs is 1. The molecule has 1 aromatic heterocycles. The van der Waals surface area contributed by atoms with Gasteiger partial charge in [-0.1, -0.05) is 37.3 Å². The molecule has 1 saturated heterocycles. The lowest BCUT2D eigenvalue weighted by Crippen LogP contribution is -2.37. The van der Waals surface area contributed by atoms with E-state index in [9.17, 15) is 0 Å². The highest BCUT2D eigenvalue weighted by molar-refractivity contribution is 5.66. The lowest BCUT2D eigenvalue weighted by Gasteiger charge is -2.22. The average molecular weight is 447 g/mol. The predicted molar refractivity (Wildman–Crippen MR) is 131 cm³/mol. The molecule has 1 fully saturated rings. The number of nitrogens with one attached hydrogen (secondary N) is 1. The monoisotopic (exact) mass is 446 g/mol. The molecule has 0 aliphatic carbocycles. The Morgan fingerprint density at radius 2 is 1.88 bits per heavy atom. The summed E-state index contributed by atoms with van der Waals surface area (Å²) in [4.78, 5) is 2.58. The Labute approximate surface area is 196 Å². The van der Waals surface area contributed by atoms with Gasteiger partial charge in [0.15, 0.2) is 11.5 Å². The Kier molecular flexibility index (Phi) is 6.93. The third-order valence-electron chi connectivity index (χ3n) is 6.65. The standard InChI is InChI=1S/C27H34N4O2/c1-2-30-13-6-10-24(30)18-28-17-23-20-31(19-21-8-4-3-5-9-21)29-27(23)22-11-12-25-26(16-22)33-15-7-14-32-25/h3-5,8-9,11-12,16,20,24,28H,2,6-7,10,13-15,17-19H2,1H3. The third kappa shape index (κ3) is 5.23. The van der Waals surface area contributed by atoms with Gasteiger partial charge in [0.2, 0.25) is 0 Å². The van der Waals surface area contributed by atoms with Crippen LogP contribution in [0.25, 0.3) is 11.3 Å². The summed E-state index contributed by atoms with van der Waals surface area (Å²) in [5, 5.41) is 8.72. The lowest BCUT2D eigenvalue weighted by molar-refractivity contribution is 0.260. The molecule has 0 saturated carbocycles. The average Bonchev–Trinajstić information content (AvgIpc) is 3.39. The zero-order valence-electron chi connectivity index (χ0n) is 19.5. The summed E-state index contributed by atoms with van der Waals surface area (Å²) < 4.78 is 13.8. The van der Waals surface area contributed by atoms with Gasteiger partial charge < -0.3 is 14.8 Å². The van der Waals surface area contributed by atoms with Crippen LogP contribution in [0.3, 0.4) is 0 Å². The summed E-state index contributed by atoms with van der Waals surface area (Å²) in [7, 11) is 0. The maximum atomic E-state index is 5.94. The van der Waals surface area contributed by atoms with Crippen molar-refractivity contribution in [2.45, 2.75) is 45.3 Å². The van der Waals surface area contributed by atoms with Crippen molar-refractivity contribution in [3.05, 3.63) is 65.9 Å². The molecule has 5 rings (SSSR count). The molecule has 0 spiro atoms. The van der Waals surface area contributed by atoms with Gasteiger partial charge >= 0.3 is 0 Å². The molecule has 33 heavy (non-hydrogen) atoms. The number of rotatable bonds is 8. The Morgan fingerprint density at radius 1 is 1.03 bits per heavy atom. The summed E-state index contributed by atoms with van der Waals surface area (Å²) in [6.07, 6.45) is 5.67. The largest absolute Gasteiger partial charge is 0.490 e.